The number of nitrogens with two attached hydrogens (primary N) is 1. The highest BCUT2D eigenvalue weighted by atomic mass is 79.9. The Kier molecular flexibility index (Phi) is 5.61. The van der Waals surface area contributed by atoms with Crippen LogP contribution in [0.25, 0.3) is 0 Å². The van der Waals surface area contributed by atoms with Crippen LogP contribution in [0, 0.1) is 5.92 Å². The van der Waals surface area contributed by atoms with Crippen LogP contribution in [0.15, 0.2) is 33.6 Å². The summed E-state index contributed by atoms with van der Waals surface area (Å²) in [5.74, 6) is 0.483. The molecule has 4 nitrogen and oxygen atoms in total. The SMILES string of the molecule is Cl.NC(CNS(=O)(=O)c1ccccc1Br)C1CC1. The molecule has 1 fully saturated rings. The van der Waals surface area contributed by atoms with E-state index in [-0.39, 0.29) is 23.3 Å². The summed E-state index contributed by atoms with van der Waals surface area (Å²) >= 11 is 3.23. The number of nitrogens with one attached hydrogen (secondary N) is 1. The largest absolute Gasteiger partial charge is 0.326 e. The summed E-state index contributed by atoms with van der Waals surface area (Å²) in [6, 6.07) is 6.66. The highest BCUT2D eigenvalue weighted by Gasteiger charge is 2.29. The fourth-order valence-electron chi connectivity index (χ4n) is 1.64. The summed E-state index contributed by atoms with van der Waals surface area (Å²) in [7, 11) is -3.47. The smallest absolute Gasteiger partial charge is 0.241 e. The molecule has 0 radical (unpaired) electrons. The topological polar surface area (TPSA) is 72.2 Å². The van der Waals surface area contributed by atoms with Crippen molar-refractivity contribution in [2.24, 2.45) is 11.7 Å². The summed E-state index contributed by atoms with van der Waals surface area (Å²) in [6.45, 7) is 0.300. The first-order chi connectivity index (χ1) is 8.00. The van der Waals surface area contributed by atoms with Gasteiger partial charge in [0.2, 0.25) is 10.0 Å². The molecule has 0 spiro atoms. The van der Waals surface area contributed by atoms with Crippen molar-refractivity contribution in [3.05, 3.63) is 28.7 Å². The molecule has 1 unspecified atom stereocenters. The zero-order chi connectivity index (χ0) is 12.5. The molecule has 0 bridgehead atoms. The van der Waals surface area contributed by atoms with E-state index >= 15 is 0 Å². The molecule has 18 heavy (non-hydrogen) atoms. The average Bonchev–Trinajstić information content (AvgIpc) is 3.10. The van der Waals surface area contributed by atoms with Gasteiger partial charge < -0.3 is 5.73 Å². The molecule has 0 aromatic heterocycles. The van der Waals surface area contributed by atoms with E-state index in [9.17, 15) is 8.42 Å². The maximum atomic E-state index is 12.0. The molecule has 1 atom stereocenters. The Labute approximate surface area is 122 Å². The molecule has 1 aliphatic rings. The second-order valence-corrected chi connectivity index (χ2v) is 6.87. The van der Waals surface area contributed by atoms with Gasteiger partial charge in [0.25, 0.3) is 0 Å². The number of benzene rings is 1. The van der Waals surface area contributed by atoms with E-state index in [0.717, 1.165) is 12.8 Å². The Morgan fingerprint density at radius 1 is 1.39 bits per heavy atom. The lowest BCUT2D eigenvalue weighted by atomic mass is 10.2. The fourth-order valence-corrected chi connectivity index (χ4v) is 3.71. The van der Waals surface area contributed by atoms with Crippen LogP contribution in [-0.2, 0) is 10.0 Å². The monoisotopic (exact) mass is 354 g/mol. The number of sulfonamides is 1. The van der Waals surface area contributed by atoms with Crippen LogP contribution in [0.1, 0.15) is 12.8 Å². The molecule has 1 aromatic rings. The second kappa shape index (κ2) is 6.34. The molecule has 0 amide bonds. The second-order valence-electron chi connectivity index (χ2n) is 4.28. The van der Waals surface area contributed by atoms with Crippen molar-refractivity contribution in [3.63, 3.8) is 0 Å². The van der Waals surface area contributed by atoms with Gasteiger partial charge in [-0.3, -0.25) is 0 Å². The summed E-state index contributed by atoms with van der Waals surface area (Å²) in [5, 5.41) is 0. The van der Waals surface area contributed by atoms with Gasteiger partial charge in [-0.2, -0.15) is 0 Å². The molecule has 7 heteroatoms. The van der Waals surface area contributed by atoms with Gasteiger partial charge in [0.15, 0.2) is 0 Å². The van der Waals surface area contributed by atoms with Crippen LogP contribution in [0.4, 0.5) is 0 Å². The maximum absolute atomic E-state index is 12.0. The van der Waals surface area contributed by atoms with E-state index in [1.54, 1.807) is 24.3 Å². The minimum Gasteiger partial charge on any atom is -0.326 e. The summed E-state index contributed by atoms with van der Waals surface area (Å²) in [4.78, 5) is 0.253. The minimum absolute atomic E-state index is 0. The molecule has 0 aliphatic heterocycles. The number of hydrogen-bond acceptors (Lipinski definition) is 3. The van der Waals surface area contributed by atoms with Gasteiger partial charge in [-0.25, -0.2) is 13.1 Å². The van der Waals surface area contributed by atoms with Crippen LogP contribution in [-0.4, -0.2) is 21.0 Å². The fraction of sp³-hybridized carbons (Fsp3) is 0.455. The molecular formula is C11H16BrClN2O2S. The predicted octanol–water partition coefficient (Wildman–Crippen LogP) is 1.89. The van der Waals surface area contributed by atoms with Crippen LogP contribution in [0.2, 0.25) is 0 Å². The van der Waals surface area contributed by atoms with Gasteiger partial charge >= 0.3 is 0 Å². The number of rotatable bonds is 5. The molecule has 3 N–H and O–H groups in total. The normalized spacial score (nSPS) is 17.0. The lowest BCUT2D eigenvalue weighted by Crippen LogP contribution is -2.38. The first-order valence-electron chi connectivity index (χ1n) is 5.50. The van der Waals surface area contributed by atoms with E-state index in [0.29, 0.717) is 16.9 Å². The van der Waals surface area contributed by atoms with Gasteiger partial charge in [0.05, 0.1) is 4.90 Å². The van der Waals surface area contributed by atoms with Crippen molar-refractivity contribution in [1.82, 2.24) is 4.72 Å². The Hall–Kier alpha value is -0.140. The summed E-state index contributed by atoms with van der Waals surface area (Å²) in [5.41, 5.74) is 5.86. The highest BCUT2D eigenvalue weighted by molar-refractivity contribution is 9.10. The zero-order valence-corrected chi connectivity index (χ0v) is 12.9. The van der Waals surface area contributed by atoms with Gasteiger partial charge in [-0.05, 0) is 46.8 Å². The van der Waals surface area contributed by atoms with Gasteiger partial charge in [-0.15, -0.1) is 12.4 Å². The molecule has 1 aliphatic carbocycles. The van der Waals surface area contributed by atoms with Crippen LogP contribution in [0.5, 0.6) is 0 Å². The van der Waals surface area contributed by atoms with E-state index in [1.807, 2.05) is 0 Å². The van der Waals surface area contributed by atoms with Crippen molar-refractivity contribution in [1.29, 1.82) is 0 Å². The number of halogens is 2. The first-order valence-corrected chi connectivity index (χ1v) is 7.78. The van der Waals surface area contributed by atoms with Crippen molar-refractivity contribution < 1.29 is 8.42 Å². The van der Waals surface area contributed by atoms with Crippen LogP contribution >= 0.6 is 28.3 Å². The van der Waals surface area contributed by atoms with E-state index in [4.69, 9.17) is 5.73 Å². The van der Waals surface area contributed by atoms with E-state index < -0.39 is 10.0 Å². The van der Waals surface area contributed by atoms with Crippen LogP contribution < -0.4 is 10.5 Å². The van der Waals surface area contributed by atoms with Gasteiger partial charge in [-0.1, -0.05) is 12.1 Å². The summed E-state index contributed by atoms with van der Waals surface area (Å²) in [6.07, 6.45) is 2.22. The van der Waals surface area contributed by atoms with Crippen molar-refractivity contribution >= 4 is 38.4 Å². The third-order valence-electron chi connectivity index (χ3n) is 2.86. The minimum atomic E-state index is -3.47. The van der Waals surface area contributed by atoms with Crippen LogP contribution in [0.3, 0.4) is 0 Å². The zero-order valence-electron chi connectivity index (χ0n) is 9.67. The molecule has 1 saturated carbocycles. The molecule has 1 aromatic carbocycles. The Balaban J connectivity index is 0.00000162. The predicted molar refractivity (Wildman–Crippen MR) is 77.3 cm³/mol. The average molecular weight is 356 g/mol. The van der Waals surface area contributed by atoms with Gasteiger partial charge in [0.1, 0.15) is 0 Å². The van der Waals surface area contributed by atoms with Crippen molar-refractivity contribution in [3.8, 4) is 0 Å². The molecule has 0 heterocycles. The Bertz CT molecular complexity index is 506. The number of hydrogen-bond donors (Lipinski definition) is 2. The quantitative estimate of drug-likeness (QED) is 0.847. The molecule has 2 rings (SSSR count). The molecule has 0 saturated heterocycles. The van der Waals surface area contributed by atoms with E-state index in [1.165, 1.54) is 0 Å². The van der Waals surface area contributed by atoms with E-state index in [2.05, 4.69) is 20.7 Å². The first kappa shape index (κ1) is 15.9. The lowest BCUT2D eigenvalue weighted by Gasteiger charge is -2.12. The van der Waals surface area contributed by atoms with Gasteiger partial charge in [0, 0.05) is 17.1 Å². The molecular weight excluding hydrogens is 340 g/mol. The third-order valence-corrected chi connectivity index (χ3v) is 5.30. The maximum Gasteiger partial charge on any atom is 0.241 e. The van der Waals surface area contributed by atoms with Crippen molar-refractivity contribution in [2.75, 3.05) is 6.54 Å². The third kappa shape index (κ3) is 3.93. The molecule has 102 valence electrons. The summed E-state index contributed by atoms with van der Waals surface area (Å²) < 4.78 is 27.1. The Morgan fingerprint density at radius 3 is 2.56 bits per heavy atom. The standard InChI is InChI=1S/C11H15BrN2O2S.ClH/c12-9-3-1-2-4-11(9)17(15,16)14-7-10(13)8-5-6-8;/h1-4,8,10,14H,5-7,13H2;1H. The Morgan fingerprint density at radius 2 is 2.00 bits per heavy atom. The van der Waals surface area contributed by atoms with Crippen molar-refractivity contribution in [2.45, 2.75) is 23.8 Å². The lowest BCUT2D eigenvalue weighted by molar-refractivity contribution is 0.547. The highest BCUT2D eigenvalue weighted by Crippen LogP contribution is 2.31.